The molecule has 0 amide bonds. The molecular formula is C16H20O4. The fraction of sp³-hybridized carbons (Fsp3) is 0.438. The molecule has 108 valence electrons. The zero-order valence-corrected chi connectivity index (χ0v) is 12.1. The van der Waals surface area contributed by atoms with Crippen LogP contribution in [-0.2, 0) is 9.53 Å². The van der Waals surface area contributed by atoms with Crippen molar-refractivity contribution < 1.29 is 19.0 Å². The average molecular weight is 276 g/mol. The van der Waals surface area contributed by atoms with Gasteiger partial charge in [-0.3, -0.25) is 4.79 Å². The summed E-state index contributed by atoms with van der Waals surface area (Å²) in [5, 5.41) is 0. The normalized spacial score (nSPS) is 21.4. The highest BCUT2D eigenvalue weighted by atomic mass is 16.5. The Kier molecular flexibility index (Phi) is 4.66. The summed E-state index contributed by atoms with van der Waals surface area (Å²) in [7, 11) is 3.30. The Labute approximate surface area is 119 Å². The third-order valence-corrected chi connectivity index (χ3v) is 3.48. The van der Waals surface area contributed by atoms with Crippen LogP contribution in [0, 0.1) is 0 Å². The highest BCUT2D eigenvalue weighted by Gasteiger charge is 2.21. The average Bonchev–Trinajstić information content (AvgIpc) is 2.47. The lowest BCUT2D eigenvalue weighted by Crippen LogP contribution is -2.18. The van der Waals surface area contributed by atoms with Crippen molar-refractivity contribution in [3.05, 3.63) is 35.9 Å². The molecule has 1 aromatic carbocycles. The summed E-state index contributed by atoms with van der Waals surface area (Å²) in [6.07, 6.45) is 5.70. The van der Waals surface area contributed by atoms with Gasteiger partial charge in [-0.15, -0.1) is 0 Å². The van der Waals surface area contributed by atoms with Crippen LogP contribution in [-0.4, -0.2) is 26.3 Å². The van der Waals surface area contributed by atoms with Gasteiger partial charge in [0.05, 0.1) is 14.2 Å². The van der Waals surface area contributed by atoms with Crippen LogP contribution in [0.2, 0.25) is 0 Å². The SMILES string of the molecule is COc1ccc([C@H]2C=C[C@H](OC(C)=O)CC2)c(OC)c1. The lowest BCUT2D eigenvalue weighted by molar-refractivity contribution is -0.144. The number of carbonyl (C=O) groups is 1. The summed E-state index contributed by atoms with van der Waals surface area (Å²) in [5.74, 6) is 1.65. The molecule has 4 heteroatoms. The monoisotopic (exact) mass is 276 g/mol. The quantitative estimate of drug-likeness (QED) is 0.626. The fourth-order valence-electron chi connectivity index (χ4n) is 2.49. The first kappa shape index (κ1) is 14.4. The molecule has 4 nitrogen and oxygen atoms in total. The predicted octanol–water partition coefficient (Wildman–Crippen LogP) is 3.07. The number of rotatable bonds is 4. The molecular weight excluding hydrogens is 256 g/mol. The number of allylic oxidation sites excluding steroid dienone is 1. The largest absolute Gasteiger partial charge is 0.497 e. The van der Waals surface area contributed by atoms with E-state index in [0.29, 0.717) is 0 Å². The van der Waals surface area contributed by atoms with E-state index >= 15 is 0 Å². The third kappa shape index (κ3) is 3.32. The second kappa shape index (κ2) is 6.46. The van der Waals surface area contributed by atoms with Gasteiger partial charge < -0.3 is 14.2 Å². The van der Waals surface area contributed by atoms with Gasteiger partial charge in [0.1, 0.15) is 17.6 Å². The van der Waals surface area contributed by atoms with E-state index in [1.807, 2.05) is 24.3 Å². The molecule has 0 spiro atoms. The molecule has 0 heterocycles. The van der Waals surface area contributed by atoms with Crippen LogP contribution in [0.1, 0.15) is 31.2 Å². The number of methoxy groups -OCH3 is 2. The Morgan fingerprint density at radius 2 is 1.95 bits per heavy atom. The van der Waals surface area contributed by atoms with Crippen LogP contribution in [0.5, 0.6) is 11.5 Å². The van der Waals surface area contributed by atoms with Gasteiger partial charge in [-0.1, -0.05) is 12.1 Å². The molecule has 20 heavy (non-hydrogen) atoms. The topological polar surface area (TPSA) is 44.8 Å². The highest BCUT2D eigenvalue weighted by Crippen LogP contribution is 2.36. The lowest BCUT2D eigenvalue weighted by Gasteiger charge is -2.24. The molecule has 0 unspecified atom stereocenters. The maximum Gasteiger partial charge on any atom is 0.303 e. The standard InChI is InChI=1S/C16H20O4/c1-11(17)20-13-6-4-12(5-7-13)15-9-8-14(18-2)10-16(15)19-3/h4,6,8-10,12-13H,5,7H2,1-3H3/t12-,13-/m0/s1. The maximum absolute atomic E-state index is 10.9. The van der Waals surface area contributed by atoms with Gasteiger partial charge in [-0.05, 0) is 25.0 Å². The summed E-state index contributed by atoms with van der Waals surface area (Å²) in [4.78, 5) is 10.9. The minimum atomic E-state index is -0.236. The van der Waals surface area contributed by atoms with E-state index < -0.39 is 0 Å². The van der Waals surface area contributed by atoms with E-state index in [-0.39, 0.29) is 18.0 Å². The second-order valence-corrected chi connectivity index (χ2v) is 4.82. The van der Waals surface area contributed by atoms with Gasteiger partial charge >= 0.3 is 5.97 Å². The Morgan fingerprint density at radius 1 is 1.15 bits per heavy atom. The molecule has 0 aliphatic heterocycles. The zero-order chi connectivity index (χ0) is 14.5. The Bertz CT molecular complexity index is 507. The van der Waals surface area contributed by atoms with Crippen molar-refractivity contribution in [1.29, 1.82) is 0 Å². The molecule has 2 atom stereocenters. The van der Waals surface area contributed by atoms with E-state index in [2.05, 4.69) is 6.08 Å². The fourth-order valence-corrected chi connectivity index (χ4v) is 2.49. The lowest BCUT2D eigenvalue weighted by atomic mass is 9.87. The van der Waals surface area contributed by atoms with Crippen molar-refractivity contribution in [2.75, 3.05) is 14.2 Å². The molecule has 0 radical (unpaired) electrons. The number of hydrogen-bond donors (Lipinski definition) is 0. The highest BCUT2D eigenvalue weighted by molar-refractivity contribution is 5.66. The molecule has 0 aromatic heterocycles. The molecule has 1 aromatic rings. The molecule has 0 bridgehead atoms. The molecule has 0 N–H and O–H groups in total. The minimum absolute atomic E-state index is 0.104. The van der Waals surface area contributed by atoms with E-state index in [1.165, 1.54) is 6.92 Å². The molecule has 1 aliphatic carbocycles. The van der Waals surface area contributed by atoms with Crippen LogP contribution < -0.4 is 9.47 Å². The van der Waals surface area contributed by atoms with Crippen molar-refractivity contribution in [3.63, 3.8) is 0 Å². The van der Waals surface area contributed by atoms with Gasteiger partial charge in [0.25, 0.3) is 0 Å². The molecule has 2 rings (SSSR count). The van der Waals surface area contributed by atoms with Crippen LogP contribution in [0.4, 0.5) is 0 Å². The molecule has 1 aliphatic rings. The van der Waals surface area contributed by atoms with Gasteiger partial charge in [0.2, 0.25) is 0 Å². The second-order valence-electron chi connectivity index (χ2n) is 4.82. The predicted molar refractivity (Wildman–Crippen MR) is 76.2 cm³/mol. The van der Waals surface area contributed by atoms with Crippen LogP contribution in [0.25, 0.3) is 0 Å². The van der Waals surface area contributed by atoms with Crippen molar-refractivity contribution in [1.82, 2.24) is 0 Å². The Balaban J connectivity index is 2.15. The molecule has 0 fully saturated rings. The van der Waals surface area contributed by atoms with Crippen molar-refractivity contribution in [2.45, 2.75) is 31.8 Å². The molecule has 0 saturated heterocycles. The number of esters is 1. The van der Waals surface area contributed by atoms with E-state index in [1.54, 1.807) is 14.2 Å². The van der Waals surface area contributed by atoms with Gasteiger partial charge in [0.15, 0.2) is 0 Å². The van der Waals surface area contributed by atoms with E-state index in [9.17, 15) is 4.79 Å². The first-order valence-electron chi connectivity index (χ1n) is 6.71. The van der Waals surface area contributed by atoms with Crippen molar-refractivity contribution in [2.24, 2.45) is 0 Å². The Hall–Kier alpha value is -1.97. The summed E-state index contributed by atoms with van der Waals surface area (Å²) < 4.78 is 15.8. The number of carbonyl (C=O) groups excluding carboxylic acids is 1. The van der Waals surface area contributed by atoms with Gasteiger partial charge in [-0.25, -0.2) is 0 Å². The maximum atomic E-state index is 10.9. The van der Waals surface area contributed by atoms with Crippen LogP contribution in [0.15, 0.2) is 30.4 Å². The number of ether oxygens (including phenoxy) is 3. The summed E-state index contributed by atoms with van der Waals surface area (Å²) in [5.41, 5.74) is 1.13. The van der Waals surface area contributed by atoms with Gasteiger partial charge in [-0.2, -0.15) is 0 Å². The first-order chi connectivity index (χ1) is 9.63. The zero-order valence-electron chi connectivity index (χ0n) is 12.1. The number of hydrogen-bond acceptors (Lipinski definition) is 4. The summed E-state index contributed by atoms with van der Waals surface area (Å²) in [6, 6.07) is 5.85. The van der Waals surface area contributed by atoms with Crippen LogP contribution in [0.3, 0.4) is 0 Å². The minimum Gasteiger partial charge on any atom is -0.497 e. The molecule has 0 saturated carbocycles. The third-order valence-electron chi connectivity index (χ3n) is 3.48. The summed E-state index contributed by atoms with van der Waals surface area (Å²) >= 11 is 0. The Morgan fingerprint density at radius 3 is 2.50 bits per heavy atom. The first-order valence-corrected chi connectivity index (χ1v) is 6.71. The van der Waals surface area contributed by atoms with Crippen molar-refractivity contribution in [3.8, 4) is 11.5 Å². The van der Waals surface area contributed by atoms with Crippen LogP contribution >= 0.6 is 0 Å². The van der Waals surface area contributed by atoms with Crippen molar-refractivity contribution >= 4 is 5.97 Å². The van der Waals surface area contributed by atoms with Gasteiger partial charge in [0, 0.05) is 24.5 Å². The summed E-state index contributed by atoms with van der Waals surface area (Å²) in [6.45, 7) is 1.44. The number of benzene rings is 1. The smallest absolute Gasteiger partial charge is 0.303 e. The van der Waals surface area contributed by atoms with E-state index in [4.69, 9.17) is 14.2 Å². The van der Waals surface area contributed by atoms with E-state index in [0.717, 1.165) is 29.9 Å².